The molecule has 11 heteroatoms. The van der Waals surface area contributed by atoms with Crippen LogP contribution in [0.15, 0.2) is 112 Å². The number of nitrogens with one attached hydrogen (secondary N) is 4. The zero-order chi connectivity index (χ0) is 29.6. The van der Waals surface area contributed by atoms with Crippen molar-refractivity contribution >= 4 is 85.2 Å². The van der Waals surface area contributed by atoms with Gasteiger partial charge in [-0.3, -0.25) is 0 Å². The molecule has 9 nitrogen and oxygen atoms in total. The van der Waals surface area contributed by atoms with E-state index in [-0.39, 0.29) is 4.91 Å². The van der Waals surface area contributed by atoms with Gasteiger partial charge in [0.1, 0.15) is 38.8 Å². The summed E-state index contributed by atoms with van der Waals surface area (Å²) in [6.07, 6.45) is 0. The van der Waals surface area contributed by atoms with Crippen molar-refractivity contribution in [2.45, 2.75) is 0 Å². The molecule has 0 spiro atoms. The fourth-order valence-electron chi connectivity index (χ4n) is 6.20. The molecule has 8 aromatic rings. The lowest BCUT2D eigenvalue weighted by molar-refractivity contribution is 0.618. The summed E-state index contributed by atoms with van der Waals surface area (Å²) < 4.78 is 27.0. The first kappa shape index (κ1) is 25.1. The molecule has 5 heterocycles. The van der Waals surface area contributed by atoms with Gasteiger partial charge in [0.2, 0.25) is 0 Å². The third-order valence-corrected chi connectivity index (χ3v) is 9.47. The van der Waals surface area contributed by atoms with Crippen LogP contribution in [0.3, 0.4) is 0 Å². The van der Waals surface area contributed by atoms with E-state index in [1.54, 1.807) is 0 Å². The zero-order valence-corrected chi connectivity index (χ0v) is 24.3. The smallest absolute Gasteiger partial charge is 0.265 e. The minimum atomic E-state index is -4.31. The van der Waals surface area contributed by atoms with Crippen molar-refractivity contribution in [2.75, 3.05) is 0 Å². The summed E-state index contributed by atoms with van der Waals surface area (Å²) in [5.41, 5.74) is 2.01. The average Bonchev–Trinajstić information content (AvgIpc) is 3.76. The molecule has 8 bridgehead atoms. The van der Waals surface area contributed by atoms with Gasteiger partial charge in [0.05, 0.1) is 11.0 Å². The van der Waals surface area contributed by atoms with Crippen molar-refractivity contribution < 1.29 is 8.42 Å². The maximum Gasteiger partial charge on any atom is 0.265 e. The highest BCUT2D eigenvalue weighted by molar-refractivity contribution is 8.21. The lowest BCUT2D eigenvalue weighted by Gasteiger charge is -2.02. The quantitative estimate of drug-likeness (QED) is 0.182. The number of H-pyrrole nitrogens is 4. The van der Waals surface area contributed by atoms with Gasteiger partial charge in [0, 0.05) is 53.8 Å². The second-order valence-corrected chi connectivity index (χ2v) is 13.1. The fraction of sp³-hybridized carbons (Fsp3) is 0. The maximum absolute atomic E-state index is 13.5. The van der Waals surface area contributed by atoms with Gasteiger partial charge in [-0.1, -0.05) is 97.1 Å². The molecule has 4 aromatic carbocycles. The molecule has 0 fully saturated rings. The first-order valence-electron chi connectivity index (χ1n) is 13.8. The van der Waals surface area contributed by atoms with Crippen LogP contribution in [0.2, 0.25) is 0 Å². The lowest BCUT2D eigenvalue weighted by atomic mass is 10.1. The minimum Gasteiger partial charge on any atom is -0.338 e. The van der Waals surface area contributed by atoms with Crippen LogP contribution in [0.5, 0.6) is 0 Å². The van der Waals surface area contributed by atoms with E-state index in [1.807, 2.05) is 97.1 Å². The van der Waals surface area contributed by atoms with Crippen molar-refractivity contribution in [3.63, 3.8) is 0 Å². The molecule has 0 atom stereocenters. The van der Waals surface area contributed by atoms with Gasteiger partial charge in [-0.2, -0.15) is 0 Å². The van der Waals surface area contributed by atoms with E-state index in [0.29, 0.717) is 55.7 Å². The van der Waals surface area contributed by atoms with Crippen molar-refractivity contribution in [3.8, 4) is 0 Å². The fourth-order valence-corrected chi connectivity index (χ4v) is 7.47. The Hall–Kier alpha value is -5.45. The lowest BCUT2D eigenvalue weighted by Crippen LogP contribution is -2.17. The van der Waals surface area contributed by atoms with Gasteiger partial charge in [0.15, 0.2) is 0 Å². The molecule has 0 unspecified atom stereocenters. The summed E-state index contributed by atoms with van der Waals surface area (Å²) in [6.45, 7) is 0. The largest absolute Gasteiger partial charge is 0.338 e. The standard InChI is InChI=1S/C33H20ClN7O2S/c34-44(42,43)27-25-17-9-1-3-11-19(17)28(35-25)37-30-21-13-5-7-15-23(21)32(39-30)41-33-24-16-8-6-14-22(24)31(40-33)38-29-20-12-4-2-10-18(20)26(27)36-29/h1-16H,(H4,35,36,37,38,39,40,41). The molecule has 9 rings (SSSR count). The van der Waals surface area contributed by atoms with Crippen LogP contribution in [-0.4, -0.2) is 28.4 Å². The van der Waals surface area contributed by atoms with E-state index >= 15 is 0 Å². The van der Waals surface area contributed by atoms with E-state index in [1.165, 1.54) is 0 Å². The molecular weight excluding hydrogens is 594 g/mol. The number of aromatic nitrogens is 4. The molecule has 0 amide bonds. The molecule has 0 radical (unpaired) electrons. The van der Waals surface area contributed by atoms with E-state index < -0.39 is 9.05 Å². The van der Waals surface area contributed by atoms with Gasteiger partial charge >= 0.3 is 0 Å². The molecule has 0 saturated heterocycles. The predicted octanol–water partition coefficient (Wildman–Crippen LogP) is 5.50. The minimum absolute atomic E-state index is 0.0920. The number of nitrogens with zero attached hydrogens (tertiary/aromatic N) is 3. The van der Waals surface area contributed by atoms with Gasteiger partial charge in [-0.15, -0.1) is 0 Å². The molecular formula is C33H20ClN7O2S. The third kappa shape index (κ3) is 3.65. The first-order chi connectivity index (χ1) is 21.4. The Bertz CT molecular complexity index is 2880. The number of benzene rings is 4. The van der Waals surface area contributed by atoms with E-state index in [0.717, 1.165) is 32.3 Å². The Morgan fingerprint density at radius 1 is 0.455 bits per heavy atom. The van der Waals surface area contributed by atoms with Gasteiger partial charge < -0.3 is 19.9 Å². The van der Waals surface area contributed by atoms with Crippen molar-refractivity contribution in [1.29, 1.82) is 0 Å². The number of halogens is 1. The molecule has 1 aliphatic heterocycles. The normalized spacial score (nSPS) is 13.3. The number of rotatable bonds is 1. The predicted molar refractivity (Wildman–Crippen MR) is 173 cm³/mol. The highest BCUT2D eigenvalue weighted by Gasteiger charge is 2.26. The van der Waals surface area contributed by atoms with Crippen LogP contribution in [0.25, 0.3) is 48.0 Å². The monoisotopic (exact) mass is 613 g/mol. The second kappa shape index (κ2) is 9.03. The Kier molecular flexibility index (Phi) is 5.15. The summed E-state index contributed by atoms with van der Waals surface area (Å²) in [5, 5.41) is 6.63. The molecule has 1 aliphatic rings. The van der Waals surface area contributed by atoms with Crippen molar-refractivity contribution in [3.05, 3.63) is 125 Å². The SMILES string of the molecule is O=S(=O)(Cl)C1=c2[nH]c(c3ccccc23)=Nc2[nH]c(c3ccccc23)N=c2[nH]c(c3ccccc23)=Nc2[nH]c1c1ccccc21. The molecule has 4 aromatic heterocycles. The topological polar surface area (TPSA) is 134 Å². The van der Waals surface area contributed by atoms with Gasteiger partial charge in [0.25, 0.3) is 9.05 Å². The molecule has 0 saturated carbocycles. The second-order valence-electron chi connectivity index (χ2n) is 10.6. The Balaban J connectivity index is 1.57. The van der Waals surface area contributed by atoms with Gasteiger partial charge in [-0.25, -0.2) is 23.4 Å². The number of fused-ring (bicyclic) bond motifs is 20. The molecule has 212 valence electrons. The summed E-state index contributed by atoms with van der Waals surface area (Å²) in [7, 11) is 1.96. The zero-order valence-electron chi connectivity index (χ0n) is 22.7. The summed E-state index contributed by atoms with van der Waals surface area (Å²) in [6, 6.07) is 30.7. The summed E-state index contributed by atoms with van der Waals surface area (Å²) in [4.78, 5) is 28.4. The van der Waals surface area contributed by atoms with Crippen LogP contribution in [0.1, 0.15) is 5.69 Å². The van der Waals surface area contributed by atoms with E-state index in [9.17, 15) is 8.42 Å². The van der Waals surface area contributed by atoms with Crippen LogP contribution in [-0.2, 0) is 9.05 Å². The molecule has 44 heavy (non-hydrogen) atoms. The third-order valence-electron chi connectivity index (χ3n) is 8.11. The van der Waals surface area contributed by atoms with Crippen molar-refractivity contribution in [1.82, 2.24) is 19.9 Å². The van der Waals surface area contributed by atoms with Crippen LogP contribution in [0.4, 0.5) is 17.5 Å². The molecule has 4 N–H and O–H groups in total. The summed E-state index contributed by atoms with van der Waals surface area (Å²) >= 11 is 0. The number of aromatic amines is 4. The van der Waals surface area contributed by atoms with Gasteiger partial charge in [-0.05, 0) is 0 Å². The average molecular weight is 614 g/mol. The van der Waals surface area contributed by atoms with Crippen LogP contribution in [0, 0.1) is 0 Å². The molecule has 0 aliphatic carbocycles. The maximum atomic E-state index is 13.5. The highest BCUT2D eigenvalue weighted by Crippen LogP contribution is 2.36. The van der Waals surface area contributed by atoms with Crippen molar-refractivity contribution in [2.24, 2.45) is 15.0 Å². The Morgan fingerprint density at radius 3 is 1.36 bits per heavy atom. The summed E-state index contributed by atoms with van der Waals surface area (Å²) in [5.74, 6) is 1.69. The first-order valence-corrected chi connectivity index (χ1v) is 16.2. The highest BCUT2D eigenvalue weighted by atomic mass is 35.7. The van der Waals surface area contributed by atoms with E-state index in [2.05, 4.69) is 19.9 Å². The number of hydrogen-bond acceptors (Lipinski definition) is 5. The Labute approximate surface area is 252 Å². The number of hydrogen-bond donors (Lipinski definition) is 4. The Morgan fingerprint density at radius 2 is 0.841 bits per heavy atom. The van der Waals surface area contributed by atoms with E-state index in [4.69, 9.17) is 25.7 Å². The van der Waals surface area contributed by atoms with Crippen LogP contribution < -0.4 is 21.8 Å². The van der Waals surface area contributed by atoms with Crippen LogP contribution >= 0.6 is 10.7 Å².